The van der Waals surface area contributed by atoms with Gasteiger partial charge in [0.15, 0.2) is 5.78 Å². The van der Waals surface area contributed by atoms with Crippen LogP contribution >= 0.6 is 0 Å². The minimum atomic E-state index is -1.20. The number of ketones is 1. The lowest BCUT2D eigenvalue weighted by molar-refractivity contribution is -0.166. The van der Waals surface area contributed by atoms with Crippen LogP contribution in [0.15, 0.2) is 12.2 Å². The Morgan fingerprint density at radius 2 is 2.10 bits per heavy atom. The van der Waals surface area contributed by atoms with Crippen LogP contribution in [0.4, 0.5) is 0 Å². The first kappa shape index (κ1) is 14.8. The van der Waals surface area contributed by atoms with E-state index in [-0.39, 0.29) is 29.5 Å². The fourth-order valence-electron chi connectivity index (χ4n) is 4.68. The number of rotatable bonds is 2. The van der Waals surface area contributed by atoms with Gasteiger partial charge in [-0.05, 0) is 44.3 Å². The van der Waals surface area contributed by atoms with E-state index in [9.17, 15) is 14.7 Å². The Kier molecular flexibility index (Phi) is 3.28. The topological polar surface area (TPSA) is 63.6 Å². The number of hydrogen-bond donors (Lipinski definition) is 1. The molecule has 116 valence electrons. The zero-order chi connectivity index (χ0) is 15.4. The van der Waals surface area contributed by atoms with Crippen molar-refractivity contribution in [3.63, 3.8) is 0 Å². The second-order valence-electron chi connectivity index (χ2n) is 7.12. The molecule has 1 saturated carbocycles. The summed E-state index contributed by atoms with van der Waals surface area (Å²) in [4.78, 5) is 24.7. The van der Waals surface area contributed by atoms with Gasteiger partial charge in [0.25, 0.3) is 0 Å². The molecule has 2 fully saturated rings. The van der Waals surface area contributed by atoms with Gasteiger partial charge in [0.05, 0.1) is 11.3 Å². The monoisotopic (exact) mass is 292 g/mol. The van der Waals surface area contributed by atoms with Gasteiger partial charge in [0, 0.05) is 5.92 Å². The van der Waals surface area contributed by atoms with Crippen molar-refractivity contribution in [2.24, 2.45) is 23.2 Å². The van der Waals surface area contributed by atoms with E-state index in [0.29, 0.717) is 0 Å². The van der Waals surface area contributed by atoms with Crippen LogP contribution in [-0.2, 0) is 14.3 Å². The Balaban J connectivity index is 2.06. The van der Waals surface area contributed by atoms with Gasteiger partial charge in [-0.25, -0.2) is 0 Å². The summed E-state index contributed by atoms with van der Waals surface area (Å²) in [6.45, 7) is 5.82. The highest BCUT2D eigenvalue weighted by Gasteiger charge is 2.67. The summed E-state index contributed by atoms with van der Waals surface area (Å²) >= 11 is 0. The van der Waals surface area contributed by atoms with E-state index in [1.165, 1.54) is 6.08 Å². The largest absolute Gasteiger partial charge is 0.461 e. The van der Waals surface area contributed by atoms with Gasteiger partial charge in [0.2, 0.25) is 0 Å². The molecule has 4 heteroatoms. The van der Waals surface area contributed by atoms with Crippen LogP contribution in [-0.4, -0.2) is 28.6 Å². The molecule has 4 nitrogen and oxygen atoms in total. The number of esters is 1. The van der Waals surface area contributed by atoms with Crippen molar-refractivity contribution in [3.05, 3.63) is 12.2 Å². The summed E-state index contributed by atoms with van der Waals surface area (Å²) in [7, 11) is 0. The average Bonchev–Trinajstić information content (AvgIpc) is 2.86. The van der Waals surface area contributed by atoms with Crippen LogP contribution in [0.2, 0.25) is 0 Å². The summed E-state index contributed by atoms with van der Waals surface area (Å²) in [5, 5.41) is 11.1. The van der Waals surface area contributed by atoms with Gasteiger partial charge in [-0.2, -0.15) is 0 Å². The normalized spacial score (nSPS) is 48.8. The number of allylic oxidation sites excluding steroid dienone is 1. The highest BCUT2D eigenvalue weighted by Crippen LogP contribution is 2.57. The van der Waals surface area contributed by atoms with Crippen LogP contribution in [0.1, 0.15) is 46.5 Å². The molecule has 0 unspecified atom stereocenters. The highest BCUT2D eigenvalue weighted by atomic mass is 16.6. The standard InChI is InChI=1S/C17H24O4/c1-4-5-12-11-7-6-10(2)17(20)9-8-13(18)16(17,3)14(11)21-15(12)19/h8-12,14,20H,4-7H2,1-3H3/t10-,11-,12+,14+,16-,17+/m0/s1. The number of ether oxygens (including phenoxy) is 1. The van der Waals surface area contributed by atoms with Crippen molar-refractivity contribution in [3.8, 4) is 0 Å². The van der Waals surface area contributed by atoms with Crippen molar-refractivity contribution in [1.29, 1.82) is 0 Å². The summed E-state index contributed by atoms with van der Waals surface area (Å²) in [5.41, 5.74) is -2.24. The molecule has 1 N–H and O–H groups in total. The summed E-state index contributed by atoms with van der Waals surface area (Å²) in [5.74, 6) is -0.400. The van der Waals surface area contributed by atoms with E-state index >= 15 is 0 Å². The van der Waals surface area contributed by atoms with Gasteiger partial charge in [-0.1, -0.05) is 20.3 Å². The minimum absolute atomic E-state index is 0.0169. The van der Waals surface area contributed by atoms with Crippen LogP contribution < -0.4 is 0 Å². The molecule has 3 rings (SSSR count). The Labute approximate surface area is 125 Å². The Morgan fingerprint density at radius 3 is 2.76 bits per heavy atom. The molecule has 0 aromatic rings. The molecule has 0 aromatic heterocycles. The quantitative estimate of drug-likeness (QED) is 0.793. The number of hydrogen-bond acceptors (Lipinski definition) is 4. The Morgan fingerprint density at radius 1 is 1.38 bits per heavy atom. The van der Waals surface area contributed by atoms with E-state index < -0.39 is 17.1 Å². The fourth-order valence-corrected chi connectivity index (χ4v) is 4.68. The second-order valence-corrected chi connectivity index (χ2v) is 7.12. The van der Waals surface area contributed by atoms with Crippen molar-refractivity contribution >= 4 is 11.8 Å². The molecular weight excluding hydrogens is 268 g/mol. The molecule has 1 saturated heterocycles. The van der Waals surface area contributed by atoms with Gasteiger partial charge in [-0.3, -0.25) is 9.59 Å². The molecule has 0 radical (unpaired) electrons. The maximum atomic E-state index is 12.5. The molecule has 0 spiro atoms. The second kappa shape index (κ2) is 4.67. The molecule has 6 atom stereocenters. The third-order valence-corrected chi connectivity index (χ3v) is 6.14. The van der Waals surface area contributed by atoms with Crippen molar-refractivity contribution in [2.75, 3.05) is 0 Å². The zero-order valence-electron chi connectivity index (χ0n) is 13.0. The van der Waals surface area contributed by atoms with Crippen LogP contribution in [0, 0.1) is 23.2 Å². The average molecular weight is 292 g/mol. The van der Waals surface area contributed by atoms with Crippen molar-refractivity contribution < 1.29 is 19.4 Å². The molecule has 0 amide bonds. The van der Waals surface area contributed by atoms with Gasteiger partial charge in [0.1, 0.15) is 11.7 Å². The molecule has 21 heavy (non-hydrogen) atoms. The maximum Gasteiger partial charge on any atom is 0.309 e. The molecular formula is C17H24O4. The van der Waals surface area contributed by atoms with Crippen molar-refractivity contribution in [1.82, 2.24) is 0 Å². The molecule has 1 aliphatic heterocycles. The molecule has 2 aliphatic carbocycles. The maximum absolute atomic E-state index is 12.5. The van der Waals surface area contributed by atoms with Gasteiger partial charge < -0.3 is 9.84 Å². The SMILES string of the molecule is CCC[C@H]1C(=O)O[C@@H]2[C@H]1CC[C@H](C)[C@]1(O)C=CC(=O)[C@@]21C. The number of aliphatic hydroxyl groups is 1. The van der Waals surface area contributed by atoms with Crippen LogP contribution in [0.3, 0.4) is 0 Å². The molecule has 3 aliphatic rings. The van der Waals surface area contributed by atoms with E-state index in [4.69, 9.17) is 4.74 Å². The number of carbonyl (C=O) groups excluding carboxylic acids is 2. The highest BCUT2D eigenvalue weighted by molar-refractivity contribution is 6.00. The van der Waals surface area contributed by atoms with E-state index in [0.717, 1.165) is 25.7 Å². The smallest absolute Gasteiger partial charge is 0.309 e. The van der Waals surface area contributed by atoms with E-state index in [2.05, 4.69) is 6.92 Å². The summed E-state index contributed by atoms with van der Waals surface area (Å²) < 4.78 is 5.65. The van der Waals surface area contributed by atoms with Gasteiger partial charge in [-0.15, -0.1) is 0 Å². The molecule has 0 bridgehead atoms. The van der Waals surface area contributed by atoms with Gasteiger partial charge >= 0.3 is 5.97 Å². The number of fused-ring (bicyclic) bond motifs is 3. The summed E-state index contributed by atoms with van der Waals surface area (Å²) in [6, 6.07) is 0. The number of carbonyl (C=O) groups is 2. The lowest BCUT2D eigenvalue weighted by Crippen LogP contribution is -2.56. The first-order chi connectivity index (χ1) is 9.86. The lowest BCUT2D eigenvalue weighted by Gasteiger charge is -2.43. The Hall–Kier alpha value is -1.16. The predicted octanol–water partition coefficient (Wildman–Crippen LogP) is 2.25. The van der Waals surface area contributed by atoms with E-state index in [1.807, 2.05) is 6.92 Å². The van der Waals surface area contributed by atoms with E-state index in [1.54, 1.807) is 13.0 Å². The van der Waals surface area contributed by atoms with Crippen LogP contribution in [0.5, 0.6) is 0 Å². The minimum Gasteiger partial charge on any atom is -0.461 e. The molecule has 1 heterocycles. The van der Waals surface area contributed by atoms with Crippen molar-refractivity contribution in [2.45, 2.75) is 58.2 Å². The van der Waals surface area contributed by atoms with Crippen LogP contribution in [0.25, 0.3) is 0 Å². The third kappa shape index (κ3) is 1.71. The first-order valence-electron chi connectivity index (χ1n) is 8.02. The zero-order valence-corrected chi connectivity index (χ0v) is 13.0. The lowest BCUT2D eigenvalue weighted by atomic mass is 9.64. The predicted molar refractivity (Wildman–Crippen MR) is 77.4 cm³/mol. The third-order valence-electron chi connectivity index (χ3n) is 6.14. The Bertz CT molecular complexity index is 511. The molecule has 0 aromatic carbocycles. The fraction of sp³-hybridized carbons (Fsp3) is 0.765. The first-order valence-corrected chi connectivity index (χ1v) is 8.02. The summed E-state index contributed by atoms with van der Waals surface area (Å²) in [6.07, 6.45) is 5.96.